The highest BCUT2D eigenvalue weighted by Gasteiger charge is 2.36. The minimum absolute atomic E-state index is 0.0917. The molecule has 0 unspecified atom stereocenters. The minimum atomic E-state index is -4.71. The molecule has 188 valence electrons. The van der Waals surface area contributed by atoms with Gasteiger partial charge in [-0.25, -0.2) is 14.2 Å². The van der Waals surface area contributed by atoms with Crippen molar-refractivity contribution in [3.63, 3.8) is 0 Å². The number of aromatic nitrogens is 4. The van der Waals surface area contributed by atoms with Crippen LogP contribution >= 0.6 is 0 Å². The van der Waals surface area contributed by atoms with Crippen LogP contribution in [0, 0.1) is 0 Å². The van der Waals surface area contributed by atoms with Crippen LogP contribution in [0.15, 0.2) is 34.1 Å². The van der Waals surface area contributed by atoms with Crippen LogP contribution in [0.1, 0.15) is 12.0 Å². The average Bonchev–Trinajstić information content (AvgIpc) is 3.08. The molecule has 4 heterocycles. The molecule has 0 radical (unpaired) electrons. The zero-order valence-electron chi connectivity index (χ0n) is 19.1. The van der Waals surface area contributed by atoms with Gasteiger partial charge >= 0.3 is 12.2 Å². The van der Waals surface area contributed by atoms with Crippen LogP contribution in [-0.4, -0.2) is 62.6 Å². The third-order valence-electron chi connectivity index (χ3n) is 6.12. The number of urea groups is 1. The van der Waals surface area contributed by atoms with Crippen LogP contribution in [0.25, 0.3) is 11.0 Å². The highest BCUT2D eigenvalue weighted by molar-refractivity contribution is 5.89. The normalized spacial score (nSPS) is 18.7. The molecule has 14 heteroatoms. The number of halogens is 4. The molecule has 1 saturated heterocycles. The Morgan fingerprint density at radius 2 is 1.94 bits per heavy atom. The standard InChI is InChI=1S/C21H23F4N7O3/c1-29-9-11(21(23,24)25)6-15(19(29)34)27-20(35)30(2)16-4-5-32(10-14(16)22)12-7-13-17(26-8-12)28-31(3)18(13)33/h6-9,14,16H,4-5,10H2,1-3H3,(H,26,28)(H,27,35)/t14-,16-/m0/s1. The van der Waals surface area contributed by atoms with Crippen LogP contribution in [-0.2, 0) is 20.3 Å². The number of pyridine rings is 2. The SMILES string of the molecule is CN(C(=O)Nc1cc(C(F)(F)F)cn(C)c1=O)[C@H]1CCN(c2cnc3[nH]n(C)c(=O)c3c2)C[C@@H]1F. The minimum Gasteiger partial charge on any atom is -0.367 e. The van der Waals surface area contributed by atoms with Crippen molar-refractivity contribution in [2.45, 2.75) is 24.8 Å². The molecule has 2 amide bonds. The summed E-state index contributed by atoms with van der Waals surface area (Å²) in [6.45, 7) is 0.248. The van der Waals surface area contributed by atoms with E-state index in [0.29, 0.717) is 35.5 Å². The number of hydrogen-bond donors (Lipinski definition) is 2. The summed E-state index contributed by atoms with van der Waals surface area (Å²) in [6.07, 6.45) is -3.87. The van der Waals surface area contributed by atoms with Gasteiger partial charge in [0.05, 0.1) is 35.4 Å². The predicted octanol–water partition coefficient (Wildman–Crippen LogP) is 2.06. The van der Waals surface area contributed by atoms with Gasteiger partial charge in [-0.3, -0.25) is 19.4 Å². The first kappa shape index (κ1) is 24.3. The van der Waals surface area contributed by atoms with Gasteiger partial charge in [-0.15, -0.1) is 0 Å². The Morgan fingerprint density at radius 1 is 1.23 bits per heavy atom. The Kier molecular flexibility index (Phi) is 6.07. The summed E-state index contributed by atoms with van der Waals surface area (Å²) in [6, 6.07) is 0.394. The van der Waals surface area contributed by atoms with E-state index >= 15 is 4.39 Å². The molecule has 0 aliphatic carbocycles. The van der Waals surface area contributed by atoms with E-state index in [1.165, 1.54) is 17.9 Å². The highest BCUT2D eigenvalue weighted by Crippen LogP contribution is 2.30. The van der Waals surface area contributed by atoms with Gasteiger partial charge in [0.2, 0.25) is 0 Å². The number of rotatable bonds is 3. The zero-order valence-corrected chi connectivity index (χ0v) is 19.1. The van der Waals surface area contributed by atoms with Gasteiger partial charge in [0.15, 0.2) is 5.65 Å². The van der Waals surface area contributed by atoms with Crippen LogP contribution in [0.3, 0.4) is 0 Å². The molecule has 3 aromatic heterocycles. The molecule has 1 aliphatic heterocycles. The fraction of sp³-hybridized carbons (Fsp3) is 0.429. The fourth-order valence-corrected chi connectivity index (χ4v) is 4.14. The maximum absolute atomic E-state index is 15.1. The summed E-state index contributed by atoms with van der Waals surface area (Å²) in [5, 5.41) is 5.34. The first-order valence-electron chi connectivity index (χ1n) is 10.6. The second-order valence-corrected chi connectivity index (χ2v) is 8.48. The highest BCUT2D eigenvalue weighted by atomic mass is 19.4. The van der Waals surface area contributed by atoms with Gasteiger partial charge in [-0.05, 0) is 18.6 Å². The number of amides is 2. The monoisotopic (exact) mass is 497 g/mol. The molecular weight excluding hydrogens is 474 g/mol. The van der Waals surface area contributed by atoms with Gasteiger partial charge in [0, 0.05) is 33.9 Å². The Balaban J connectivity index is 1.47. The van der Waals surface area contributed by atoms with Crippen molar-refractivity contribution in [2.24, 2.45) is 14.1 Å². The molecule has 0 spiro atoms. The molecular formula is C21H23F4N7O3. The molecule has 3 aromatic rings. The van der Waals surface area contributed by atoms with E-state index in [-0.39, 0.29) is 18.5 Å². The third kappa shape index (κ3) is 4.59. The lowest BCUT2D eigenvalue weighted by molar-refractivity contribution is -0.138. The van der Waals surface area contributed by atoms with Crippen molar-refractivity contribution < 1.29 is 22.4 Å². The number of carbonyl (C=O) groups is 1. The maximum atomic E-state index is 15.1. The zero-order chi connectivity index (χ0) is 25.7. The molecule has 0 saturated carbocycles. The lowest BCUT2D eigenvalue weighted by atomic mass is 10.0. The summed E-state index contributed by atoms with van der Waals surface area (Å²) < 4.78 is 56.4. The van der Waals surface area contributed by atoms with E-state index in [1.807, 2.05) is 0 Å². The van der Waals surface area contributed by atoms with Crippen LogP contribution in [0.2, 0.25) is 0 Å². The smallest absolute Gasteiger partial charge is 0.367 e. The maximum Gasteiger partial charge on any atom is 0.417 e. The summed E-state index contributed by atoms with van der Waals surface area (Å²) in [5.74, 6) is 0. The topological polar surface area (TPSA) is 108 Å². The van der Waals surface area contributed by atoms with Gasteiger partial charge in [0.25, 0.3) is 11.1 Å². The van der Waals surface area contributed by atoms with Crippen molar-refractivity contribution in [1.82, 2.24) is 24.2 Å². The number of aryl methyl sites for hydroxylation is 2. The Hall–Kier alpha value is -3.84. The Labute approximate surface area is 195 Å². The largest absolute Gasteiger partial charge is 0.417 e. The van der Waals surface area contributed by atoms with E-state index in [2.05, 4.69) is 15.4 Å². The first-order valence-corrected chi connectivity index (χ1v) is 10.6. The molecule has 1 fully saturated rings. The Morgan fingerprint density at radius 3 is 2.60 bits per heavy atom. The first-order chi connectivity index (χ1) is 16.4. The number of alkyl halides is 4. The second-order valence-electron chi connectivity index (χ2n) is 8.48. The van der Waals surface area contributed by atoms with Crippen molar-refractivity contribution in [3.8, 4) is 0 Å². The molecule has 1 aliphatic rings. The number of H-pyrrole nitrogens is 1. The van der Waals surface area contributed by atoms with Gasteiger partial charge < -0.3 is 19.7 Å². The number of carbonyl (C=O) groups excluding carboxylic acids is 1. The van der Waals surface area contributed by atoms with Crippen LogP contribution in [0.4, 0.5) is 33.7 Å². The van der Waals surface area contributed by atoms with Gasteiger partial charge in [-0.1, -0.05) is 0 Å². The number of anilines is 2. The molecule has 35 heavy (non-hydrogen) atoms. The fourth-order valence-electron chi connectivity index (χ4n) is 4.14. The Bertz CT molecular complexity index is 1390. The summed E-state index contributed by atoms with van der Waals surface area (Å²) in [4.78, 5) is 44.0. The number of nitrogens with zero attached hydrogens (tertiary/aromatic N) is 5. The number of hydrogen-bond acceptors (Lipinski definition) is 5. The molecule has 0 aromatic carbocycles. The number of fused-ring (bicyclic) bond motifs is 1. The van der Waals surface area contributed by atoms with Gasteiger partial charge in [-0.2, -0.15) is 13.2 Å². The lowest BCUT2D eigenvalue weighted by Crippen LogP contribution is -2.54. The molecule has 10 nitrogen and oxygen atoms in total. The van der Waals surface area contributed by atoms with Crippen LogP contribution in [0.5, 0.6) is 0 Å². The van der Waals surface area contributed by atoms with E-state index < -0.39 is 41.2 Å². The lowest BCUT2D eigenvalue weighted by Gasteiger charge is -2.39. The molecule has 2 N–H and O–H groups in total. The molecule has 2 atom stereocenters. The summed E-state index contributed by atoms with van der Waals surface area (Å²) >= 11 is 0. The van der Waals surface area contributed by atoms with Crippen LogP contribution < -0.4 is 21.3 Å². The van der Waals surface area contributed by atoms with Crippen molar-refractivity contribution in [1.29, 1.82) is 0 Å². The van der Waals surface area contributed by atoms with E-state index in [0.717, 1.165) is 16.5 Å². The van der Waals surface area contributed by atoms with Crippen molar-refractivity contribution in [2.75, 3.05) is 30.4 Å². The number of nitrogens with one attached hydrogen (secondary N) is 2. The third-order valence-corrected chi connectivity index (χ3v) is 6.12. The summed E-state index contributed by atoms with van der Waals surface area (Å²) in [7, 11) is 4.01. The number of aromatic amines is 1. The van der Waals surface area contributed by atoms with E-state index in [9.17, 15) is 27.6 Å². The van der Waals surface area contributed by atoms with E-state index in [1.54, 1.807) is 18.0 Å². The predicted molar refractivity (Wildman–Crippen MR) is 120 cm³/mol. The van der Waals surface area contributed by atoms with Gasteiger partial charge in [0.1, 0.15) is 11.9 Å². The number of piperidine rings is 1. The summed E-state index contributed by atoms with van der Waals surface area (Å²) in [5.41, 5.74) is -1.79. The quantitative estimate of drug-likeness (QED) is 0.539. The van der Waals surface area contributed by atoms with Crippen molar-refractivity contribution in [3.05, 3.63) is 50.8 Å². The molecule has 0 bridgehead atoms. The second kappa shape index (κ2) is 8.74. The van der Waals surface area contributed by atoms with Crippen molar-refractivity contribution >= 4 is 28.4 Å². The average molecular weight is 497 g/mol. The van der Waals surface area contributed by atoms with E-state index in [4.69, 9.17) is 0 Å². The molecule has 4 rings (SSSR count).